The predicted octanol–water partition coefficient (Wildman–Crippen LogP) is 1.41. The average molecular weight is 252 g/mol. The highest BCUT2D eigenvalue weighted by Gasteiger charge is 2.16. The SMILES string of the molecule is Cc1nc(Cn2nnc(C(=O)O)c2C)sc1C. The summed E-state index contributed by atoms with van der Waals surface area (Å²) in [5.41, 5.74) is 1.54. The molecule has 0 unspecified atom stereocenters. The Morgan fingerprint density at radius 2 is 2.12 bits per heavy atom. The number of aromatic nitrogens is 4. The number of aryl methyl sites for hydroxylation is 2. The van der Waals surface area contributed by atoms with Crippen LogP contribution >= 0.6 is 11.3 Å². The third-order valence-corrected chi connectivity index (χ3v) is 3.60. The van der Waals surface area contributed by atoms with Crippen molar-refractivity contribution in [2.75, 3.05) is 0 Å². The highest BCUT2D eigenvalue weighted by molar-refractivity contribution is 7.11. The fourth-order valence-electron chi connectivity index (χ4n) is 1.44. The smallest absolute Gasteiger partial charge is 0.358 e. The topological polar surface area (TPSA) is 80.9 Å². The molecule has 2 rings (SSSR count). The van der Waals surface area contributed by atoms with Gasteiger partial charge in [0.1, 0.15) is 5.01 Å². The van der Waals surface area contributed by atoms with Crippen LogP contribution in [0.1, 0.15) is 31.8 Å². The molecule has 0 bridgehead atoms. The Morgan fingerprint density at radius 3 is 2.59 bits per heavy atom. The summed E-state index contributed by atoms with van der Waals surface area (Å²) in [6.07, 6.45) is 0. The first-order valence-corrected chi connectivity index (χ1v) is 5.87. The van der Waals surface area contributed by atoms with Gasteiger partial charge in [-0.05, 0) is 20.8 Å². The number of nitrogens with zero attached hydrogens (tertiary/aromatic N) is 4. The number of rotatable bonds is 3. The van der Waals surface area contributed by atoms with Crippen LogP contribution in [-0.2, 0) is 6.54 Å². The van der Waals surface area contributed by atoms with Gasteiger partial charge in [0, 0.05) is 4.88 Å². The van der Waals surface area contributed by atoms with E-state index in [4.69, 9.17) is 5.11 Å². The molecule has 0 saturated carbocycles. The second-order valence-electron chi connectivity index (χ2n) is 3.74. The second kappa shape index (κ2) is 4.25. The number of hydrogen-bond donors (Lipinski definition) is 1. The highest BCUT2D eigenvalue weighted by atomic mass is 32.1. The summed E-state index contributed by atoms with van der Waals surface area (Å²) < 4.78 is 1.56. The molecule has 7 heteroatoms. The first-order valence-electron chi connectivity index (χ1n) is 5.05. The first-order chi connectivity index (χ1) is 7.99. The van der Waals surface area contributed by atoms with E-state index in [1.165, 1.54) is 0 Å². The van der Waals surface area contributed by atoms with Gasteiger partial charge >= 0.3 is 5.97 Å². The van der Waals surface area contributed by atoms with E-state index in [0.717, 1.165) is 15.6 Å². The molecule has 0 spiro atoms. The summed E-state index contributed by atoms with van der Waals surface area (Å²) in [5.74, 6) is -1.06. The van der Waals surface area contributed by atoms with Crippen molar-refractivity contribution in [3.8, 4) is 0 Å². The van der Waals surface area contributed by atoms with Gasteiger partial charge in [0.2, 0.25) is 0 Å². The maximum Gasteiger partial charge on any atom is 0.358 e. The molecule has 1 N–H and O–H groups in total. The third kappa shape index (κ3) is 2.19. The van der Waals surface area contributed by atoms with Crippen molar-refractivity contribution in [3.63, 3.8) is 0 Å². The molecule has 0 fully saturated rings. The zero-order valence-electron chi connectivity index (χ0n) is 9.76. The lowest BCUT2D eigenvalue weighted by Crippen LogP contribution is -2.05. The van der Waals surface area contributed by atoms with Crippen LogP contribution in [0.25, 0.3) is 0 Å². The summed E-state index contributed by atoms with van der Waals surface area (Å²) in [6, 6.07) is 0. The lowest BCUT2D eigenvalue weighted by atomic mass is 10.3. The van der Waals surface area contributed by atoms with Gasteiger partial charge in [0.25, 0.3) is 0 Å². The van der Waals surface area contributed by atoms with Crippen molar-refractivity contribution in [1.29, 1.82) is 0 Å². The van der Waals surface area contributed by atoms with Gasteiger partial charge in [-0.2, -0.15) is 0 Å². The van der Waals surface area contributed by atoms with E-state index in [0.29, 0.717) is 12.2 Å². The Balaban J connectivity index is 2.27. The maximum absolute atomic E-state index is 10.8. The molecule has 0 atom stereocenters. The molecule has 0 aromatic carbocycles. The molecule has 17 heavy (non-hydrogen) atoms. The van der Waals surface area contributed by atoms with E-state index in [1.54, 1.807) is 22.9 Å². The minimum atomic E-state index is -1.06. The lowest BCUT2D eigenvalue weighted by molar-refractivity contribution is 0.0689. The quantitative estimate of drug-likeness (QED) is 0.893. The van der Waals surface area contributed by atoms with Crippen LogP contribution in [0.15, 0.2) is 0 Å². The molecule has 0 amide bonds. The molecule has 6 nitrogen and oxygen atoms in total. The Hall–Kier alpha value is -1.76. The zero-order valence-corrected chi connectivity index (χ0v) is 10.6. The fourth-order valence-corrected chi connectivity index (χ4v) is 2.36. The van der Waals surface area contributed by atoms with Crippen molar-refractivity contribution in [3.05, 3.63) is 27.0 Å². The van der Waals surface area contributed by atoms with Crippen LogP contribution in [0.5, 0.6) is 0 Å². The number of hydrogen-bond acceptors (Lipinski definition) is 5. The fraction of sp³-hybridized carbons (Fsp3) is 0.400. The lowest BCUT2D eigenvalue weighted by Gasteiger charge is -1.99. The molecule has 2 heterocycles. The van der Waals surface area contributed by atoms with Gasteiger partial charge in [-0.25, -0.2) is 14.5 Å². The minimum Gasteiger partial charge on any atom is -0.476 e. The van der Waals surface area contributed by atoms with E-state index in [9.17, 15) is 4.79 Å². The van der Waals surface area contributed by atoms with Crippen LogP contribution in [0.4, 0.5) is 0 Å². The number of carboxylic acids is 1. The molecule has 0 radical (unpaired) electrons. The van der Waals surface area contributed by atoms with E-state index in [-0.39, 0.29) is 5.69 Å². The summed E-state index contributed by atoms with van der Waals surface area (Å²) in [4.78, 5) is 16.4. The summed E-state index contributed by atoms with van der Waals surface area (Å²) in [6.45, 7) is 6.11. The summed E-state index contributed by atoms with van der Waals surface area (Å²) in [7, 11) is 0. The number of carboxylic acid groups (broad SMARTS) is 1. The van der Waals surface area contributed by atoms with Crippen LogP contribution < -0.4 is 0 Å². The van der Waals surface area contributed by atoms with Crippen molar-refractivity contribution in [1.82, 2.24) is 20.0 Å². The van der Waals surface area contributed by atoms with Gasteiger partial charge < -0.3 is 5.11 Å². The predicted molar refractivity (Wildman–Crippen MR) is 62.4 cm³/mol. The number of thiazole rings is 1. The normalized spacial score (nSPS) is 10.8. The molecule has 2 aromatic heterocycles. The monoisotopic (exact) mass is 252 g/mol. The number of aromatic carboxylic acids is 1. The number of carbonyl (C=O) groups is 1. The molecule has 0 saturated heterocycles. The van der Waals surface area contributed by atoms with Crippen LogP contribution in [-0.4, -0.2) is 31.1 Å². The molecule has 0 aliphatic heterocycles. The minimum absolute atomic E-state index is 0.00463. The van der Waals surface area contributed by atoms with Gasteiger partial charge in [0.15, 0.2) is 5.69 Å². The Kier molecular flexibility index (Phi) is 2.93. The van der Waals surface area contributed by atoms with Crippen molar-refractivity contribution >= 4 is 17.3 Å². The van der Waals surface area contributed by atoms with Crippen LogP contribution in [0, 0.1) is 20.8 Å². The van der Waals surface area contributed by atoms with E-state index < -0.39 is 5.97 Å². The van der Waals surface area contributed by atoms with E-state index in [2.05, 4.69) is 15.3 Å². The van der Waals surface area contributed by atoms with E-state index in [1.807, 2.05) is 13.8 Å². The van der Waals surface area contributed by atoms with Crippen molar-refractivity contribution < 1.29 is 9.90 Å². The maximum atomic E-state index is 10.8. The highest BCUT2D eigenvalue weighted by Crippen LogP contribution is 2.18. The molecule has 90 valence electrons. The molecular formula is C10H12N4O2S. The zero-order chi connectivity index (χ0) is 12.6. The molecule has 0 aliphatic carbocycles. The standard InChI is InChI=1S/C10H12N4O2S/c1-5-7(3)17-8(11-5)4-14-6(2)9(10(15)16)12-13-14/h4H2,1-3H3,(H,15,16). The second-order valence-corrected chi connectivity index (χ2v) is 5.02. The van der Waals surface area contributed by atoms with Crippen LogP contribution in [0.3, 0.4) is 0 Å². The summed E-state index contributed by atoms with van der Waals surface area (Å²) in [5, 5.41) is 17.2. The average Bonchev–Trinajstić information content (AvgIpc) is 2.74. The Bertz CT molecular complexity index is 553. The van der Waals surface area contributed by atoms with Gasteiger partial charge in [-0.3, -0.25) is 0 Å². The Morgan fingerprint density at radius 1 is 1.41 bits per heavy atom. The first kappa shape index (κ1) is 11.7. The van der Waals surface area contributed by atoms with Gasteiger partial charge in [-0.15, -0.1) is 16.4 Å². The van der Waals surface area contributed by atoms with Crippen molar-refractivity contribution in [2.45, 2.75) is 27.3 Å². The van der Waals surface area contributed by atoms with Gasteiger partial charge in [-0.1, -0.05) is 5.21 Å². The molecular weight excluding hydrogens is 240 g/mol. The van der Waals surface area contributed by atoms with Crippen LogP contribution in [0.2, 0.25) is 0 Å². The molecule has 0 aliphatic rings. The largest absolute Gasteiger partial charge is 0.476 e. The van der Waals surface area contributed by atoms with E-state index >= 15 is 0 Å². The van der Waals surface area contributed by atoms with Gasteiger partial charge in [0.05, 0.1) is 17.9 Å². The van der Waals surface area contributed by atoms with Crippen molar-refractivity contribution in [2.24, 2.45) is 0 Å². The summed E-state index contributed by atoms with van der Waals surface area (Å²) >= 11 is 1.59. The Labute approximate surface area is 102 Å². The molecule has 2 aromatic rings. The third-order valence-electron chi connectivity index (χ3n) is 2.54.